The van der Waals surface area contributed by atoms with E-state index in [1.165, 1.54) is 0 Å². The standard InChI is InChI=1S/C15H19NO5/c1-2-20-15(19)13-12-6-5-7(14(12)21-16-13)11-9(18)4-3-8(17)10(6)11/h3-4,6-12,14,17-18H,2,5H2,1H3/t6-,7+,8+,9-,10?,11?,12+,14+/m1/s1. The molecule has 0 radical (unpaired) electrons. The van der Waals surface area contributed by atoms with Crippen LogP contribution in [-0.4, -0.2) is 46.8 Å². The van der Waals surface area contributed by atoms with Crippen LogP contribution in [0, 0.1) is 29.6 Å². The number of aliphatic hydroxyl groups is 2. The Morgan fingerprint density at radius 3 is 2.67 bits per heavy atom. The average molecular weight is 293 g/mol. The lowest BCUT2D eigenvalue weighted by Crippen LogP contribution is -2.50. The van der Waals surface area contributed by atoms with Crippen molar-refractivity contribution in [3.05, 3.63) is 12.2 Å². The quantitative estimate of drug-likeness (QED) is 0.556. The molecule has 0 spiro atoms. The highest BCUT2D eigenvalue weighted by Crippen LogP contribution is 2.61. The summed E-state index contributed by atoms with van der Waals surface area (Å²) in [6, 6.07) is 0. The van der Waals surface area contributed by atoms with Gasteiger partial charge in [-0.2, -0.15) is 0 Å². The number of hydrogen-bond acceptors (Lipinski definition) is 6. The number of fused-ring (bicyclic) bond motifs is 8. The highest BCUT2D eigenvalue weighted by atomic mass is 16.6. The molecule has 0 saturated heterocycles. The van der Waals surface area contributed by atoms with Crippen LogP contribution in [0.4, 0.5) is 0 Å². The van der Waals surface area contributed by atoms with Crippen LogP contribution in [0.1, 0.15) is 13.3 Å². The predicted octanol–water partition coefficient (Wildman–Crippen LogP) is 0.0942. The van der Waals surface area contributed by atoms with Crippen LogP contribution >= 0.6 is 0 Å². The van der Waals surface area contributed by atoms with Crippen molar-refractivity contribution in [1.29, 1.82) is 0 Å². The van der Waals surface area contributed by atoms with E-state index in [1.54, 1.807) is 19.1 Å². The molecule has 2 unspecified atom stereocenters. The van der Waals surface area contributed by atoms with Gasteiger partial charge in [-0.3, -0.25) is 0 Å². The number of carbonyl (C=O) groups excluding carboxylic acids is 1. The maximum atomic E-state index is 12.0. The SMILES string of the molecule is CCOC(=O)C1=NO[C@@H]2[C@H]1[C@@H]1C[C@H]2C2C1[C@@H](O)C=C[C@H]2O. The van der Waals surface area contributed by atoms with Gasteiger partial charge in [0.15, 0.2) is 5.71 Å². The number of aliphatic hydroxyl groups excluding tert-OH is 2. The molecule has 6 nitrogen and oxygen atoms in total. The molecule has 2 saturated carbocycles. The summed E-state index contributed by atoms with van der Waals surface area (Å²) in [6.45, 7) is 2.06. The maximum absolute atomic E-state index is 12.0. The zero-order chi connectivity index (χ0) is 14.7. The van der Waals surface area contributed by atoms with Crippen molar-refractivity contribution in [2.24, 2.45) is 34.7 Å². The molecule has 1 aliphatic heterocycles. The molecule has 0 aromatic rings. The van der Waals surface area contributed by atoms with Gasteiger partial charge in [-0.05, 0) is 25.2 Å². The van der Waals surface area contributed by atoms with Crippen LogP contribution in [0.2, 0.25) is 0 Å². The van der Waals surface area contributed by atoms with Crippen LogP contribution in [0.3, 0.4) is 0 Å². The van der Waals surface area contributed by atoms with Gasteiger partial charge in [-0.15, -0.1) is 0 Å². The Hall–Kier alpha value is -1.40. The predicted molar refractivity (Wildman–Crippen MR) is 72.2 cm³/mol. The third kappa shape index (κ3) is 1.66. The van der Waals surface area contributed by atoms with Crippen molar-refractivity contribution in [2.75, 3.05) is 6.61 Å². The summed E-state index contributed by atoms with van der Waals surface area (Å²) in [4.78, 5) is 17.5. The van der Waals surface area contributed by atoms with Gasteiger partial charge in [-0.1, -0.05) is 17.3 Å². The van der Waals surface area contributed by atoms with Gasteiger partial charge in [0.05, 0.1) is 24.7 Å². The van der Waals surface area contributed by atoms with Crippen LogP contribution in [0.5, 0.6) is 0 Å². The van der Waals surface area contributed by atoms with E-state index in [0.29, 0.717) is 12.3 Å². The minimum atomic E-state index is -0.571. The highest BCUT2D eigenvalue weighted by molar-refractivity contribution is 6.37. The third-order valence-corrected chi connectivity index (χ3v) is 5.58. The Balaban J connectivity index is 1.64. The summed E-state index contributed by atoms with van der Waals surface area (Å²) in [5.41, 5.74) is 0.351. The topological polar surface area (TPSA) is 88.4 Å². The molecule has 2 bridgehead atoms. The number of oxime groups is 1. The molecule has 0 aromatic heterocycles. The minimum absolute atomic E-state index is 0.00649. The number of nitrogens with zero attached hydrogens (tertiary/aromatic N) is 1. The fraction of sp³-hybridized carbons (Fsp3) is 0.733. The highest BCUT2D eigenvalue weighted by Gasteiger charge is 2.66. The molecule has 0 aromatic carbocycles. The fourth-order valence-corrected chi connectivity index (χ4v) is 4.95. The number of hydrogen-bond donors (Lipinski definition) is 2. The Kier molecular flexibility index (Phi) is 2.87. The lowest BCUT2D eigenvalue weighted by molar-refractivity contribution is -0.135. The molecule has 4 rings (SSSR count). The molecule has 6 heteroatoms. The van der Waals surface area contributed by atoms with E-state index < -0.39 is 18.2 Å². The molecule has 114 valence electrons. The van der Waals surface area contributed by atoms with Gasteiger partial charge in [0.1, 0.15) is 6.10 Å². The van der Waals surface area contributed by atoms with E-state index in [-0.39, 0.29) is 35.7 Å². The molecule has 8 atom stereocenters. The fourth-order valence-electron chi connectivity index (χ4n) is 4.95. The van der Waals surface area contributed by atoms with Gasteiger partial charge >= 0.3 is 5.97 Å². The summed E-state index contributed by atoms with van der Waals surface area (Å²) in [5, 5.41) is 24.4. The normalized spacial score (nSPS) is 49.4. The van der Waals surface area contributed by atoms with Crippen LogP contribution in [0.15, 0.2) is 17.3 Å². The Bertz CT molecular complexity index is 530. The number of esters is 1. The lowest BCUT2D eigenvalue weighted by atomic mass is 9.65. The second kappa shape index (κ2) is 4.55. The first kappa shape index (κ1) is 13.3. The molecule has 3 aliphatic carbocycles. The molecular weight excluding hydrogens is 274 g/mol. The van der Waals surface area contributed by atoms with Crippen LogP contribution < -0.4 is 0 Å². The monoisotopic (exact) mass is 293 g/mol. The van der Waals surface area contributed by atoms with Gasteiger partial charge < -0.3 is 19.8 Å². The first-order valence-corrected chi connectivity index (χ1v) is 7.58. The average Bonchev–Trinajstić information content (AvgIpc) is 3.12. The molecule has 21 heavy (non-hydrogen) atoms. The zero-order valence-corrected chi connectivity index (χ0v) is 11.8. The lowest BCUT2D eigenvalue weighted by Gasteiger charge is -2.42. The summed E-state index contributed by atoms with van der Waals surface area (Å²) < 4.78 is 5.05. The Morgan fingerprint density at radius 1 is 1.33 bits per heavy atom. The maximum Gasteiger partial charge on any atom is 0.356 e. The second-order valence-electron chi connectivity index (χ2n) is 6.38. The number of rotatable bonds is 2. The smallest absolute Gasteiger partial charge is 0.356 e. The largest absolute Gasteiger partial charge is 0.461 e. The first-order valence-electron chi connectivity index (χ1n) is 7.58. The third-order valence-electron chi connectivity index (χ3n) is 5.58. The van der Waals surface area contributed by atoms with Crippen molar-refractivity contribution in [2.45, 2.75) is 31.7 Å². The van der Waals surface area contributed by atoms with Gasteiger partial charge in [0.25, 0.3) is 0 Å². The van der Waals surface area contributed by atoms with Crippen molar-refractivity contribution in [3.8, 4) is 0 Å². The van der Waals surface area contributed by atoms with E-state index in [1.807, 2.05) is 0 Å². The van der Waals surface area contributed by atoms with Gasteiger partial charge in [0.2, 0.25) is 0 Å². The molecule has 4 aliphatic rings. The molecule has 2 N–H and O–H groups in total. The van der Waals surface area contributed by atoms with Crippen molar-refractivity contribution >= 4 is 11.7 Å². The Morgan fingerprint density at radius 2 is 2.00 bits per heavy atom. The van der Waals surface area contributed by atoms with Gasteiger partial charge in [0, 0.05) is 11.8 Å². The van der Waals surface area contributed by atoms with Crippen molar-refractivity contribution in [3.63, 3.8) is 0 Å². The van der Waals surface area contributed by atoms with E-state index in [4.69, 9.17) is 9.57 Å². The van der Waals surface area contributed by atoms with Crippen LogP contribution in [-0.2, 0) is 14.4 Å². The first-order chi connectivity index (χ1) is 10.1. The second-order valence-corrected chi connectivity index (χ2v) is 6.38. The molecular formula is C15H19NO5. The summed E-state index contributed by atoms with van der Waals surface area (Å²) in [5.74, 6) is -0.315. The number of carbonyl (C=O) groups is 1. The van der Waals surface area contributed by atoms with Gasteiger partial charge in [-0.25, -0.2) is 4.79 Å². The summed E-state index contributed by atoms with van der Waals surface area (Å²) in [6.07, 6.45) is 2.91. The summed E-state index contributed by atoms with van der Waals surface area (Å²) >= 11 is 0. The number of ether oxygens (including phenoxy) is 1. The Labute approximate surface area is 122 Å². The molecule has 2 fully saturated rings. The zero-order valence-electron chi connectivity index (χ0n) is 11.8. The van der Waals surface area contributed by atoms with Crippen molar-refractivity contribution in [1.82, 2.24) is 0 Å². The van der Waals surface area contributed by atoms with Crippen LogP contribution in [0.25, 0.3) is 0 Å². The van der Waals surface area contributed by atoms with E-state index >= 15 is 0 Å². The molecule has 1 heterocycles. The van der Waals surface area contributed by atoms with Crippen molar-refractivity contribution < 1.29 is 24.6 Å². The van der Waals surface area contributed by atoms with E-state index in [9.17, 15) is 15.0 Å². The minimum Gasteiger partial charge on any atom is -0.461 e. The van der Waals surface area contributed by atoms with E-state index in [2.05, 4.69) is 5.16 Å². The molecule has 0 amide bonds. The van der Waals surface area contributed by atoms with E-state index in [0.717, 1.165) is 6.42 Å². The summed E-state index contributed by atoms with van der Waals surface area (Å²) in [7, 11) is 0.